The zero-order chi connectivity index (χ0) is 13.8. The lowest BCUT2D eigenvalue weighted by atomic mass is 10.2. The normalized spacial score (nSPS) is 10.8. The van der Waals surface area contributed by atoms with Gasteiger partial charge in [-0.3, -0.25) is 5.32 Å². The molecule has 0 fully saturated rings. The van der Waals surface area contributed by atoms with Crippen LogP contribution in [0.25, 0.3) is 0 Å². The first-order chi connectivity index (χ1) is 8.28. The van der Waals surface area contributed by atoms with Gasteiger partial charge in [0.05, 0.1) is 5.56 Å². The number of anilines is 1. The molecule has 1 rings (SSSR count). The summed E-state index contributed by atoms with van der Waals surface area (Å²) >= 11 is 16.2. The van der Waals surface area contributed by atoms with Gasteiger partial charge >= 0.3 is 12.1 Å². The number of amides is 1. The molecule has 0 atom stereocenters. The second-order valence-electron chi connectivity index (χ2n) is 3.20. The molecule has 0 unspecified atom stereocenters. The van der Waals surface area contributed by atoms with Crippen molar-refractivity contribution in [3.05, 3.63) is 29.8 Å². The molecule has 1 amide bonds. The van der Waals surface area contributed by atoms with Crippen LogP contribution in [-0.2, 0) is 4.74 Å². The van der Waals surface area contributed by atoms with Crippen LogP contribution >= 0.6 is 34.8 Å². The quantitative estimate of drug-likeness (QED) is 0.840. The molecule has 98 valence electrons. The van der Waals surface area contributed by atoms with Gasteiger partial charge in [-0.05, 0) is 24.3 Å². The van der Waals surface area contributed by atoms with E-state index in [4.69, 9.17) is 39.9 Å². The highest BCUT2D eigenvalue weighted by Crippen LogP contribution is 2.26. The van der Waals surface area contributed by atoms with Crippen LogP contribution in [0, 0.1) is 0 Å². The summed E-state index contributed by atoms with van der Waals surface area (Å²) in [4.78, 5) is 21.8. The zero-order valence-corrected chi connectivity index (χ0v) is 11.1. The van der Waals surface area contributed by atoms with E-state index in [1.165, 1.54) is 24.3 Å². The van der Waals surface area contributed by atoms with Crippen molar-refractivity contribution in [1.29, 1.82) is 0 Å². The molecule has 2 N–H and O–H groups in total. The van der Waals surface area contributed by atoms with Crippen LogP contribution in [0.3, 0.4) is 0 Å². The Kier molecular flexibility index (Phi) is 5.07. The van der Waals surface area contributed by atoms with Crippen LogP contribution in [0.1, 0.15) is 10.4 Å². The summed E-state index contributed by atoms with van der Waals surface area (Å²) < 4.78 is 2.95. The summed E-state index contributed by atoms with van der Waals surface area (Å²) in [6, 6.07) is 5.51. The van der Waals surface area contributed by atoms with Gasteiger partial charge in [-0.1, -0.05) is 34.8 Å². The molecule has 0 saturated heterocycles. The van der Waals surface area contributed by atoms with Crippen LogP contribution in [0.15, 0.2) is 24.3 Å². The summed E-state index contributed by atoms with van der Waals surface area (Å²) in [6.45, 7) is -0.392. The van der Waals surface area contributed by atoms with Gasteiger partial charge in [-0.2, -0.15) is 0 Å². The van der Waals surface area contributed by atoms with E-state index >= 15 is 0 Å². The number of carboxylic acids is 1. The van der Waals surface area contributed by atoms with Gasteiger partial charge in [0.15, 0.2) is 0 Å². The Morgan fingerprint density at radius 1 is 1.22 bits per heavy atom. The Morgan fingerprint density at radius 3 is 2.22 bits per heavy atom. The van der Waals surface area contributed by atoms with Gasteiger partial charge in [0.2, 0.25) is 3.79 Å². The number of hydrogen-bond donors (Lipinski definition) is 2. The first-order valence-electron chi connectivity index (χ1n) is 4.62. The lowest BCUT2D eigenvalue weighted by molar-refractivity contribution is 0.0697. The Morgan fingerprint density at radius 2 is 1.78 bits per heavy atom. The van der Waals surface area contributed by atoms with E-state index in [9.17, 15) is 9.59 Å². The number of carboxylic acid groups (broad SMARTS) is 1. The number of rotatable bonds is 3. The maximum atomic E-state index is 11.3. The largest absolute Gasteiger partial charge is 0.478 e. The van der Waals surface area contributed by atoms with Gasteiger partial charge in [0.25, 0.3) is 0 Å². The number of ether oxygens (including phenoxy) is 1. The van der Waals surface area contributed by atoms with Crippen molar-refractivity contribution in [1.82, 2.24) is 0 Å². The highest BCUT2D eigenvalue weighted by Gasteiger charge is 2.22. The van der Waals surface area contributed by atoms with Gasteiger partial charge < -0.3 is 9.84 Å². The molecule has 0 heterocycles. The van der Waals surface area contributed by atoms with E-state index in [2.05, 4.69) is 10.1 Å². The Labute approximate surface area is 118 Å². The number of carbonyl (C=O) groups excluding carboxylic acids is 1. The Hall–Kier alpha value is -1.17. The SMILES string of the molecule is O=C(Nc1ccc(C(=O)O)cc1)OCC(Cl)(Cl)Cl. The molecule has 18 heavy (non-hydrogen) atoms. The average molecular weight is 313 g/mol. The maximum Gasteiger partial charge on any atom is 0.411 e. The van der Waals surface area contributed by atoms with E-state index in [1.807, 2.05) is 0 Å². The van der Waals surface area contributed by atoms with Gasteiger partial charge in [0.1, 0.15) is 6.61 Å². The molecule has 1 aromatic carbocycles. The summed E-state index contributed by atoms with van der Waals surface area (Å²) in [5.74, 6) is -1.06. The number of carbonyl (C=O) groups is 2. The fraction of sp³-hybridized carbons (Fsp3) is 0.200. The fourth-order valence-electron chi connectivity index (χ4n) is 0.997. The van der Waals surface area contributed by atoms with Crippen molar-refractivity contribution < 1.29 is 19.4 Å². The number of alkyl halides is 3. The highest BCUT2D eigenvalue weighted by atomic mass is 35.6. The third-order valence-corrected chi connectivity index (χ3v) is 2.07. The van der Waals surface area contributed by atoms with Gasteiger partial charge in [0, 0.05) is 5.69 Å². The van der Waals surface area contributed by atoms with Crippen LogP contribution < -0.4 is 5.32 Å². The van der Waals surface area contributed by atoms with Crippen LogP contribution in [0.5, 0.6) is 0 Å². The fourth-order valence-corrected chi connectivity index (χ4v) is 1.16. The number of nitrogens with one attached hydrogen (secondary N) is 1. The lowest BCUT2D eigenvalue weighted by Crippen LogP contribution is -2.21. The molecule has 0 aliphatic rings. The number of aromatic carboxylic acids is 1. The predicted octanol–water partition coefficient (Wildman–Crippen LogP) is 3.30. The lowest BCUT2D eigenvalue weighted by Gasteiger charge is -2.11. The summed E-state index contributed by atoms with van der Waals surface area (Å²) in [5.41, 5.74) is 0.476. The zero-order valence-electron chi connectivity index (χ0n) is 8.82. The van der Waals surface area contributed by atoms with Crippen molar-refractivity contribution in [2.75, 3.05) is 11.9 Å². The van der Waals surface area contributed by atoms with E-state index in [0.717, 1.165) is 0 Å². The molecule has 0 saturated carbocycles. The Bertz CT molecular complexity index is 441. The van der Waals surface area contributed by atoms with E-state index in [0.29, 0.717) is 5.69 Å². The van der Waals surface area contributed by atoms with Crippen molar-refractivity contribution in [2.24, 2.45) is 0 Å². The minimum absolute atomic E-state index is 0.107. The van der Waals surface area contributed by atoms with Crippen molar-refractivity contribution in [3.8, 4) is 0 Å². The monoisotopic (exact) mass is 311 g/mol. The molecule has 0 aliphatic heterocycles. The van der Waals surface area contributed by atoms with E-state index in [-0.39, 0.29) is 5.56 Å². The predicted molar refractivity (Wildman–Crippen MR) is 68.7 cm³/mol. The van der Waals surface area contributed by atoms with Crippen molar-refractivity contribution in [2.45, 2.75) is 3.79 Å². The molecule has 0 spiro atoms. The summed E-state index contributed by atoms with van der Waals surface area (Å²) in [5, 5.41) is 11.0. The number of benzene rings is 1. The van der Waals surface area contributed by atoms with Crippen molar-refractivity contribution in [3.63, 3.8) is 0 Å². The molecular weight excluding hydrogens is 304 g/mol. The molecule has 1 aromatic rings. The number of hydrogen-bond acceptors (Lipinski definition) is 3. The van der Waals surface area contributed by atoms with Gasteiger partial charge in [-0.15, -0.1) is 0 Å². The van der Waals surface area contributed by atoms with E-state index in [1.54, 1.807) is 0 Å². The maximum absolute atomic E-state index is 11.3. The number of halogens is 3. The molecule has 8 heteroatoms. The average Bonchev–Trinajstić information content (AvgIpc) is 2.26. The first kappa shape index (κ1) is 14.9. The molecule has 0 radical (unpaired) electrons. The molecule has 0 bridgehead atoms. The van der Waals surface area contributed by atoms with Crippen molar-refractivity contribution >= 4 is 52.6 Å². The van der Waals surface area contributed by atoms with E-state index < -0.39 is 22.5 Å². The highest BCUT2D eigenvalue weighted by molar-refractivity contribution is 6.67. The first-order valence-corrected chi connectivity index (χ1v) is 5.75. The minimum Gasteiger partial charge on any atom is -0.478 e. The molecular formula is C10H8Cl3NO4. The minimum atomic E-state index is -1.68. The smallest absolute Gasteiger partial charge is 0.411 e. The van der Waals surface area contributed by atoms with Gasteiger partial charge in [-0.25, -0.2) is 9.59 Å². The topological polar surface area (TPSA) is 75.6 Å². The Balaban J connectivity index is 2.52. The third-order valence-electron chi connectivity index (χ3n) is 1.75. The second kappa shape index (κ2) is 6.13. The second-order valence-corrected chi connectivity index (χ2v) is 5.71. The third kappa shape index (κ3) is 5.44. The molecule has 0 aromatic heterocycles. The molecule has 5 nitrogen and oxygen atoms in total. The molecule has 0 aliphatic carbocycles. The summed E-state index contributed by atoms with van der Waals surface area (Å²) in [6.07, 6.45) is -0.801. The van der Waals surface area contributed by atoms with Crippen LogP contribution in [0.2, 0.25) is 0 Å². The van der Waals surface area contributed by atoms with Crippen LogP contribution in [0.4, 0.5) is 10.5 Å². The van der Waals surface area contributed by atoms with Crippen LogP contribution in [-0.4, -0.2) is 27.6 Å². The summed E-state index contributed by atoms with van der Waals surface area (Å²) in [7, 11) is 0. The standard InChI is InChI=1S/C10H8Cl3NO4/c11-10(12,13)5-18-9(17)14-7-3-1-6(2-4-7)8(15)16/h1-4H,5H2,(H,14,17)(H,15,16).